The Balaban J connectivity index is 1.70. The second-order valence-corrected chi connectivity index (χ2v) is 17.3. The number of aliphatic hydroxyl groups excluding tert-OH is 1. The van der Waals surface area contributed by atoms with Crippen LogP contribution in [0.1, 0.15) is 97.7 Å². The lowest BCUT2D eigenvalue weighted by atomic mass is 9.70. The van der Waals surface area contributed by atoms with Crippen LogP contribution in [0.2, 0.25) is 0 Å². The monoisotopic (exact) mass is 771 g/mol. The van der Waals surface area contributed by atoms with Crippen molar-refractivity contribution in [3.05, 3.63) is 61.2 Å². The Labute approximate surface area is 312 Å². The van der Waals surface area contributed by atoms with E-state index >= 15 is 4.79 Å². The number of nitrogens with one attached hydrogen (secondary N) is 1. The van der Waals surface area contributed by atoms with Gasteiger partial charge in [0.25, 0.3) is 0 Å². The highest BCUT2D eigenvalue weighted by Crippen LogP contribution is 2.60. The smallest absolute Gasteiger partial charge is 0.313 e. The summed E-state index contributed by atoms with van der Waals surface area (Å²) in [5.41, 5.74) is -1.18. The minimum absolute atomic E-state index is 0.0614. The number of likely N-dealkylation sites (tertiary alicyclic amines) is 1. The van der Waals surface area contributed by atoms with Crippen molar-refractivity contribution in [2.45, 2.75) is 120 Å². The first-order valence-corrected chi connectivity index (χ1v) is 19.3. The van der Waals surface area contributed by atoms with Crippen molar-refractivity contribution in [3.63, 3.8) is 0 Å². The third kappa shape index (κ3) is 9.14. The molecule has 3 fully saturated rings. The molecule has 51 heavy (non-hydrogen) atoms. The Bertz CT molecular complexity index is 1410. The fourth-order valence-electron chi connectivity index (χ4n) is 8.61. The Kier molecular flexibility index (Phi) is 13.7. The van der Waals surface area contributed by atoms with Crippen molar-refractivity contribution in [3.8, 4) is 0 Å². The molecule has 3 amide bonds. The van der Waals surface area contributed by atoms with Gasteiger partial charge in [0.1, 0.15) is 17.7 Å². The van der Waals surface area contributed by atoms with Crippen molar-refractivity contribution < 1.29 is 33.8 Å². The molecule has 3 aliphatic rings. The van der Waals surface area contributed by atoms with Gasteiger partial charge in [0.05, 0.1) is 24.5 Å². The maximum Gasteiger partial charge on any atom is 0.313 e. The van der Waals surface area contributed by atoms with Gasteiger partial charge >= 0.3 is 5.97 Å². The number of unbranched alkanes of at least 4 members (excludes halogenated alkanes) is 3. The number of carbonyl (C=O) groups excluding carboxylic acids is 4. The quantitative estimate of drug-likeness (QED) is 0.0779. The van der Waals surface area contributed by atoms with Gasteiger partial charge in [-0.1, -0.05) is 92.0 Å². The van der Waals surface area contributed by atoms with Crippen molar-refractivity contribution in [1.82, 2.24) is 15.1 Å². The predicted octanol–water partition coefficient (Wildman–Crippen LogP) is 5.88. The SMILES string of the molecule is C=CCCC(=O)NC[C@@H](OC(=O)[C@H]1[C@@H]2O[C@@]3(CC2Br)[C@@H]1C(=O)N(CCCCCCO)[C@@H]3C(=O)N(CC=C)C(C)(C)CC(C)(C)C)c1ccccc1. The number of alkyl halides is 1. The van der Waals surface area contributed by atoms with Gasteiger partial charge in [-0.05, 0) is 56.9 Å². The Morgan fingerprint density at radius 3 is 2.43 bits per heavy atom. The zero-order valence-electron chi connectivity index (χ0n) is 31.1. The third-order valence-corrected chi connectivity index (χ3v) is 11.2. The molecule has 2 bridgehead atoms. The zero-order chi connectivity index (χ0) is 37.6. The van der Waals surface area contributed by atoms with Gasteiger partial charge in [-0.2, -0.15) is 0 Å². The molecule has 3 saturated heterocycles. The number of rotatable bonds is 19. The maximum absolute atomic E-state index is 15.0. The van der Waals surface area contributed by atoms with Gasteiger partial charge in [-0.15, -0.1) is 13.2 Å². The standard InChI is InChI=1S/C40H58BrN3O7/c1-8-10-20-30(46)42-25-29(27-18-14-13-15-19-27)50-37(49)31-32-35(47)43(22-16-11-12-17-23-45)34(40(32)24-28(41)33(31)51-40)36(48)44(21-9-2)39(6,7)26-38(3,4)5/h8-9,13-15,18-19,28-29,31-34,45H,1-2,10-12,16-17,20-26H2,3-7H3,(H,42,46)/t28?,29-,31-,32+,33-,34-,40+/m1/s1. The first kappa shape index (κ1) is 40.7. The molecule has 1 spiro atoms. The molecule has 7 atom stereocenters. The lowest BCUT2D eigenvalue weighted by Gasteiger charge is -2.45. The lowest BCUT2D eigenvalue weighted by Crippen LogP contribution is -2.61. The average Bonchev–Trinajstić information content (AvgIpc) is 3.66. The number of allylic oxidation sites excluding steroid dienone is 1. The maximum atomic E-state index is 15.0. The number of nitrogens with zero attached hydrogens (tertiary/aromatic N) is 2. The fraction of sp³-hybridized carbons (Fsp3) is 0.650. The molecule has 0 saturated carbocycles. The molecule has 1 aromatic carbocycles. The molecule has 0 aromatic heterocycles. The Morgan fingerprint density at radius 2 is 1.80 bits per heavy atom. The Morgan fingerprint density at radius 1 is 1.12 bits per heavy atom. The topological polar surface area (TPSA) is 125 Å². The van der Waals surface area contributed by atoms with Crippen LogP contribution in [0, 0.1) is 17.3 Å². The van der Waals surface area contributed by atoms with E-state index < -0.39 is 47.2 Å². The third-order valence-electron chi connectivity index (χ3n) is 10.4. The molecular weight excluding hydrogens is 714 g/mol. The van der Waals surface area contributed by atoms with Crippen molar-refractivity contribution >= 4 is 39.6 Å². The summed E-state index contributed by atoms with van der Waals surface area (Å²) in [6.07, 6.45) is 6.69. The van der Waals surface area contributed by atoms with Crippen LogP contribution in [0.5, 0.6) is 0 Å². The molecule has 0 radical (unpaired) electrons. The second-order valence-electron chi connectivity index (χ2n) is 16.1. The fourth-order valence-corrected chi connectivity index (χ4v) is 9.56. The molecule has 4 rings (SSSR count). The van der Waals surface area contributed by atoms with Crippen LogP contribution < -0.4 is 5.32 Å². The molecule has 2 N–H and O–H groups in total. The molecule has 282 valence electrons. The number of amides is 3. The number of carbonyl (C=O) groups is 4. The van der Waals surface area contributed by atoms with E-state index in [-0.39, 0.29) is 47.5 Å². The second kappa shape index (κ2) is 17.2. The highest BCUT2D eigenvalue weighted by Gasteiger charge is 2.77. The number of aliphatic hydroxyl groups is 1. The molecular formula is C40H58BrN3O7. The minimum atomic E-state index is -1.24. The van der Waals surface area contributed by atoms with Gasteiger partial charge in [-0.25, -0.2) is 0 Å². The van der Waals surface area contributed by atoms with E-state index in [0.29, 0.717) is 50.8 Å². The largest absolute Gasteiger partial charge is 0.455 e. The number of ether oxygens (including phenoxy) is 2. The summed E-state index contributed by atoms with van der Waals surface area (Å²) in [5.74, 6) is -3.14. The van der Waals surface area contributed by atoms with Crippen LogP contribution in [0.15, 0.2) is 55.6 Å². The van der Waals surface area contributed by atoms with Gasteiger partial charge in [0.2, 0.25) is 17.7 Å². The van der Waals surface area contributed by atoms with Crippen molar-refractivity contribution in [1.29, 1.82) is 0 Å². The van der Waals surface area contributed by atoms with Crippen LogP contribution in [-0.4, -0.2) is 93.0 Å². The molecule has 0 aliphatic carbocycles. The van der Waals surface area contributed by atoms with Gasteiger partial charge in [-0.3, -0.25) is 19.2 Å². The molecule has 11 heteroatoms. The normalized spacial score (nSPS) is 26.1. The van der Waals surface area contributed by atoms with Crippen molar-refractivity contribution in [2.75, 3.05) is 26.2 Å². The lowest BCUT2D eigenvalue weighted by molar-refractivity contribution is -0.160. The molecule has 1 aromatic rings. The summed E-state index contributed by atoms with van der Waals surface area (Å²) in [6.45, 7) is 18.9. The highest BCUT2D eigenvalue weighted by atomic mass is 79.9. The molecule has 10 nitrogen and oxygen atoms in total. The number of fused-ring (bicyclic) bond motifs is 1. The van der Waals surface area contributed by atoms with E-state index in [1.165, 1.54) is 0 Å². The van der Waals surface area contributed by atoms with Crippen LogP contribution in [-0.2, 0) is 28.7 Å². The Hall–Kier alpha value is -3.02. The van der Waals surface area contributed by atoms with Gasteiger partial charge < -0.3 is 29.7 Å². The summed E-state index contributed by atoms with van der Waals surface area (Å²) in [7, 11) is 0. The number of hydrogen-bond acceptors (Lipinski definition) is 7. The number of halogens is 1. The highest BCUT2D eigenvalue weighted by molar-refractivity contribution is 9.09. The summed E-state index contributed by atoms with van der Waals surface area (Å²) >= 11 is 3.77. The van der Waals surface area contributed by atoms with E-state index in [1.54, 1.807) is 17.1 Å². The number of hydrogen-bond donors (Lipinski definition) is 2. The molecule has 1 unspecified atom stereocenters. The van der Waals surface area contributed by atoms with Gasteiger partial charge in [0, 0.05) is 36.5 Å². The molecule has 3 aliphatic heterocycles. The number of benzene rings is 1. The van der Waals surface area contributed by atoms with E-state index in [2.05, 4.69) is 55.2 Å². The van der Waals surface area contributed by atoms with Crippen LogP contribution in [0.4, 0.5) is 0 Å². The first-order chi connectivity index (χ1) is 24.1. The summed E-state index contributed by atoms with van der Waals surface area (Å²) in [5, 5.41) is 12.2. The van der Waals surface area contributed by atoms with E-state index in [4.69, 9.17) is 9.47 Å². The van der Waals surface area contributed by atoms with Crippen LogP contribution in [0.3, 0.4) is 0 Å². The zero-order valence-corrected chi connectivity index (χ0v) is 32.7. The summed E-state index contributed by atoms with van der Waals surface area (Å²) < 4.78 is 13.0. The molecule has 3 heterocycles. The van der Waals surface area contributed by atoms with Gasteiger partial charge in [0.15, 0.2) is 0 Å². The van der Waals surface area contributed by atoms with Crippen LogP contribution >= 0.6 is 15.9 Å². The average molecular weight is 773 g/mol. The van der Waals surface area contributed by atoms with E-state index in [0.717, 1.165) is 12.8 Å². The van der Waals surface area contributed by atoms with Crippen LogP contribution in [0.25, 0.3) is 0 Å². The number of esters is 1. The summed E-state index contributed by atoms with van der Waals surface area (Å²) in [4.78, 5) is 59.8. The van der Waals surface area contributed by atoms with E-state index in [1.807, 2.05) is 49.1 Å². The minimum Gasteiger partial charge on any atom is -0.455 e. The first-order valence-electron chi connectivity index (χ1n) is 18.4. The van der Waals surface area contributed by atoms with E-state index in [9.17, 15) is 19.5 Å². The predicted molar refractivity (Wildman–Crippen MR) is 201 cm³/mol. The summed E-state index contributed by atoms with van der Waals surface area (Å²) in [6, 6.07) is 8.27. The van der Waals surface area contributed by atoms with Crippen molar-refractivity contribution in [2.24, 2.45) is 17.3 Å².